The quantitative estimate of drug-likeness (QED) is 0.454. The fourth-order valence-corrected chi connectivity index (χ4v) is 2.18. The summed E-state index contributed by atoms with van der Waals surface area (Å²) in [6.07, 6.45) is -2.98. The van der Waals surface area contributed by atoms with E-state index in [2.05, 4.69) is 4.99 Å². The Morgan fingerprint density at radius 2 is 1.88 bits per heavy atom. The monoisotopic (exact) mass is 351 g/mol. The molecule has 0 bridgehead atoms. The van der Waals surface area contributed by atoms with E-state index >= 15 is 0 Å². The van der Waals surface area contributed by atoms with Crippen LogP contribution in [0.4, 0.5) is 13.2 Å². The number of nitrogens with two attached hydrogens (primary N) is 1. The number of hydrogen-bond acceptors (Lipinski definition) is 3. The highest BCUT2D eigenvalue weighted by Gasteiger charge is 2.46. The van der Waals surface area contributed by atoms with Gasteiger partial charge >= 0.3 is 12.1 Å². The molecule has 0 unspecified atom stereocenters. The van der Waals surface area contributed by atoms with Crippen molar-refractivity contribution in [2.45, 2.75) is 52.3 Å². The maximum Gasteiger partial charge on any atom is 0.471 e. The van der Waals surface area contributed by atoms with E-state index in [1.165, 1.54) is 0 Å². The van der Waals surface area contributed by atoms with Gasteiger partial charge in [-0.05, 0) is 19.3 Å². The van der Waals surface area contributed by atoms with E-state index in [4.69, 9.17) is 5.73 Å². The first-order chi connectivity index (χ1) is 10.8. The highest BCUT2D eigenvalue weighted by molar-refractivity contribution is 6.02. The highest BCUT2D eigenvalue weighted by Crippen LogP contribution is 2.26. The zero-order valence-electron chi connectivity index (χ0n) is 13.9. The molecule has 6 nitrogen and oxygen atoms in total. The van der Waals surface area contributed by atoms with E-state index in [-0.39, 0.29) is 26.0 Å². The van der Waals surface area contributed by atoms with Gasteiger partial charge in [0, 0.05) is 19.5 Å². The van der Waals surface area contributed by atoms with Gasteiger partial charge in [-0.15, -0.1) is 0 Å². The summed E-state index contributed by atoms with van der Waals surface area (Å²) in [7, 11) is 0. The lowest BCUT2D eigenvalue weighted by Crippen LogP contribution is -2.52. The molecular weight excluding hydrogens is 327 g/mol. The molecule has 1 heterocycles. The number of hydrogen-bond donors (Lipinski definition) is 2. The molecule has 1 saturated heterocycles. The van der Waals surface area contributed by atoms with Crippen molar-refractivity contribution in [2.75, 3.05) is 6.54 Å². The molecule has 1 aliphatic rings. The van der Waals surface area contributed by atoms with E-state index in [9.17, 15) is 27.9 Å². The molecule has 24 heavy (non-hydrogen) atoms. The van der Waals surface area contributed by atoms with Crippen LogP contribution in [0, 0.1) is 5.41 Å². The molecule has 0 aromatic carbocycles. The number of aliphatic imine (C=N–C) groups is 1. The van der Waals surface area contributed by atoms with Crippen molar-refractivity contribution in [2.24, 2.45) is 16.1 Å². The third-order valence-corrected chi connectivity index (χ3v) is 3.58. The van der Waals surface area contributed by atoms with Crippen molar-refractivity contribution in [3.8, 4) is 0 Å². The van der Waals surface area contributed by atoms with E-state index < -0.39 is 29.4 Å². The fraction of sp³-hybridized carbons (Fsp3) is 0.667. The fourth-order valence-electron chi connectivity index (χ4n) is 2.18. The van der Waals surface area contributed by atoms with Gasteiger partial charge in [0.25, 0.3) is 5.91 Å². The van der Waals surface area contributed by atoms with Gasteiger partial charge in [-0.3, -0.25) is 9.59 Å². The lowest BCUT2D eigenvalue weighted by Gasteiger charge is -2.33. The Morgan fingerprint density at radius 1 is 1.29 bits per heavy atom. The third-order valence-electron chi connectivity index (χ3n) is 3.58. The Bertz CT molecular complexity index is 569. The molecule has 0 aromatic rings. The molecule has 1 fully saturated rings. The van der Waals surface area contributed by atoms with Gasteiger partial charge in [0.1, 0.15) is 17.6 Å². The van der Waals surface area contributed by atoms with Crippen LogP contribution >= 0.6 is 0 Å². The van der Waals surface area contributed by atoms with Crippen molar-refractivity contribution in [1.82, 2.24) is 4.90 Å². The molecular formula is C15H24F3N3O3. The minimum atomic E-state index is -5.05. The number of nitrogens with zero attached hydrogens (tertiary/aromatic N) is 2. The first kappa shape index (κ1) is 20.0. The van der Waals surface area contributed by atoms with Crippen molar-refractivity contribution in [3.05, 3.63) is 11.8 Å². The molecule has 3 N–H and O–H groups in total. The van der Waals surface area contributed by atoms with Crippen LogP contribution in [-0.4, -0.2) is 46.4 Å². The first-order valence-corrected chi connectivity index (χ1v) is 7.51. The van der Waals surface area contributed by atoms with E-state index in [1.807, 2.05) is 0 Å². The zero-order valence-corrected chi connectivity index (χ0v) is 13.9. The Hall–Kier alpha value is -2.06. The topological polar surface area (TPSA) is 96.0 Å². The number of carbonyl (C=O) groups is 2. The predicted molar refractivity (Wildman–Crippen MR) is 84.3 cm³/mol. The average molecular weight is 351 g/mol. The van der Waals surface area contributed by atoms with E-state index in [1.54, 1.807) is 20.8 Å². The number of carbonyl (C=O) groups excluding carboxylic acids is 2. The number of likely N-dealkylation sites (tertiary alicyclic amines) is 1. The molecule has 0 radical (unpaired) electrons. The molecule has 0 aromatic heterocycles. The van der Waals surface area contributed by atoms with Gasteiger partial charge in [0.05, 0.1) is 0 Å². The van der Waals surface area contributed by atoms with Crippen molar-refractivity contribution in [1.29, 1.82) is 0 Å². The van der Waals surface area contributed by atoms with E-state index in [0.29, 0.717) is 17.7 Å². The molecule has 138 valence electrons. The largest absolute Gasteiger partial charge is 0.512 e. The molecule has 0 aliphatic carbocycles. The van der Waals surface area contributed by atoms with E-state index in [0.717, 1.165) is 6.08 Å². The van der Waals surface area contributed by atoms with Crippen molar-refractivity contribution >= 4 is 17.6 Å². The molecule has 0 spiro atoms. The zero-order chi connectivity index (χ0) is 18.7. The number of alkyl halides is 3. The number of allylic oxidation sites excluding steroid dienone is 1. The normalized spacial score (nSPS) is 20.9. The van der Waals surface area contributed by atoms with Crippen LogP contribution in [0.3, 0.4) is 0 Å². The van der Waals surface area contributed by atoms with Crippen molar-refractivity contribution < 1.29 is 29.3 Å². The van der Waals surface area contributed by atoms with Crippen LogP contribution < -0.4 is 5.73 Å². The molecule has 0 saturated carbocycles. The number of amides is 2. The van der Waals surface area contributed by atoms with Gasteiger partial charge < -0.3 is 15.7 Å². The number of amidine groups is 1. The van der Waals surface area contributed by atoms with Gasteiger partial charge in [-0.2, -0.15) is 18.2 Å². The SMILES string of the molecule is CC(C)(C)/C(O)=C/C(N)=NC(=O)[C@@H]1CCCCN1C(=O)C(F)(F)F.[HH]. The Balaban J connectivity index is 0.00000576. The summed E-state index contributed by atoms with van der Waals surface area (Å²) in [5.41, 5.74) is 4.93. The van der Waals surface area contributed by atoms with Gasteiger partial charge in [-0.25, -0.2) is 0 Å². The minimum absolute atomic E-state index is 0. The lowest BCUT2D eigenvalue weighted by atomic mass is 9.93. The molecule has 9 heteroatoms. The van der Waals surface area contributed by atoms with Crippen LogP contribution in [0.15, 0.2) is 16.8 Å². The highest BCUT2D eigenvalue weighted by atomic mass is 19.4. The summed E-state index contributed by atoms with van der Waals surface area (Å²) < 4.78 is 37.9. The summed E-state index contributed by atoms with van der Waals surface area (Å²) in [5.74, 6) is -3.43. The Kier molecular flexibility index (Phi) is 6.02. The van der Waals surface area contributed by atoms with Gasteiger partial charge in [0.15, 0.2) is 0 Å². The second-order valence-electron chi connectivity index (χ2n) is 6.66. The number of aliphatic hydroxyl groups excluding tert-OH is 1. The van der Waals surface area contributed by atoms with Gasteiger partial charge in [-0.1, -0.05) is 20.8 Å². The van der Waals surface area contributed by atoms with Crippen LogP contribution in [0.25, 0.3) is 0 Å². The van der Waals surface area contributed by atoms with Crippen LogP contribution in [0.2, 0.25) is 0 Å². The maximum atomic E-state index is 12.6. The molecule has 1 aliphatic heterocycles. The number of aliphatic hydroxyl groups is 1. The number of halogens is 3. The van der Waals surface area contributed by atoms with Gasteiger partial charge in [0.2, 0.25) is 0 Å². The second-order valence-corrected chi connectivity index (χ2v) is 6.66. The first-order valence-electron chi connectivity index (χ1n) is 7.51. The summed E-state index contributed by atoms with van der Waals surface area (Å²) in [5, 5.41) is 9.80. The van der Waals surface area contributed by atoms with Crippen LogP contribution in [-0.2, 0) is 9.59 Å². The minimum Gasteiger partial charge on any atom is -0.512 e. The average Bonchev–Trinajstić information content (AvgIpc) is 2.44. The summed E-state index contributed by atoms with van der Waals surface area (Å²) in [4.78, 5) is 27.6. The summed E-state index contributed by atoms with van der Waals surface area (Å²) >= 11 is 0. The smallest absolute Gasteiger partial charge is 0.471 e. The Labute approximate surface area is 139 Å². The maximum absolute atomic E-state index is 12.6. The molecule has 1 rings (SSSR count). The molecule has 2 amide bonds. The second kappa shape index (κ2) is 7.23. The summed E-state index contributed by atoms with van der Waals surface area (Å²) in [6, 6.07) is -1.29. The summed E-state index contributed by atoms with van der Waals surface area (Å²) in [6.45, 7) is 4.96. The number of piperidine rings is 1. The standard InChI is InChI=1S/C15H22F3N3O3.H2/c1-14(2,3)10(22)8-11(19)20-12(23)9-6-4-5-7-21(9)13(24)15(16,17)18;/h8-9,22H,4-7H2,1-3H3,(H2,19,20,23);1H/b10-8-;/t9-;/m0./s1. The third kappa shape index (κ3) is 5.24. The number of rotatable bonds is 2. The Morgan fingerprint density at radius 3 is 2.38 bits per heavy atom. The molecule has 1 atom stereocenters. The van der Waals surface area contributed by atoms with Crippen LogP contribution in [0.1, 0.15) is 41.5 Å². The lowest BCUT2D eigenvalue weighted by molar-refractivity contribution is -0.189. The van der Waals surface area contributed by atoms with Crippen molar-refractivity contribution in [3.63, 3.8) is 0 Å². The van der Waals surface area contributed by atoms with Crippen LogP contribution in [0.5, 0.6) is 0 Å². The predicted octanol–water partition coefficient (Wildman–Crippen LogP) is 2.55.